The van der Waals surface area contributed by atoms with E-state index < -0.39 is 0 Å². The zero-order valence-corrected chi connectivity index (χ0v) is 11.6. The van der Waals surface area contributed by atoms with Crippen molar-refractivity contribution < 1.29 is 0 Å². The number of anilines is 1. The third-order valence-electron chi connectivity index (χ3n) is 3.10. The zero-order chi connectivity index (χ0) is 13.9. The molecule has 0 unspecified atom stereocenters. The lowest BCUT2D eigenvalue weighted by molar-refractivity contribution is 1.11. The van der Waals surface area contributed by atoms with Gasteiger partial charge in [0.2, 0.25) is 0 Å². The van der Waals surface area contributed by atoms with Crippen LogP contribution in [0.5, 0.6) is 0 Å². The van der Waals surface area contributed by atoms with E-state index in [1.807, 2.05) is 44.2 Å². The maximum Gasteiger partial charge on any atom is 0.162 e. The molecule has 0 aliphatic rings. The lowest BCUT2D eigenvalue weighted by Gasteiger charge is -2.08. The van der Waals surface area contributed by atoms with E-state index in [0.717, 1.165) is 40.3 Å². The fraction of sp³-hybridized carbons (Fsp3) is 0.188. The smallest absolute Gasteiger partial charge is 0.162 e. The van der Waals surface area contributed by atoms with Gasteiger partial charge in [-0.1, -0.05) is 18.2 Å². The van der Waals surface area contributed by atoms with Crippen LogP contribution in [0.2, 0.25) is 0 Å². The first kappa shape index (κ1) is 12.5. The molecule has 0 saturated heterocycles. The van der Waals surface area contributed by atoms with Gasteiger partial charge in [0.1, 0.15) is 5.82 Å². The van der Waals surface area contributed by atoms with Crippen LogP contribution in [-0.2, 0) is 0 Å². The van der Waals surface area contributed by atoms with E-state index in [2.05, 4.69) is 26.3 Å². The Morgan fingerprint density at radius 1 is 1.10 bits per heavy atom. The second-order valence-electron chi connectivity index (χ2n) is 4.62. The molecule has 2 heterocycles. The van der Waals surface area contributed by atoms with Crippen molar-refractivity contribution in [3.63, 3.8) is 0 Å². The molecule has 3 aromatic rings. The molecule has 0 bridgehead atoms. The van der Waals surface area contributed by atoms with E-state index >= 15 is 0 Å². The second kappa shape index (κ2) is 5.25. The Morgan fingerprint density at radius 2 is 1.95 bits per heavy atom. The minimum Gasteiger partial charge on any atom is -0.370 e. The number of fused-ring (bicyclic) bond motifs is 1. The summed E-state index contributed by atoms with van der Waals surface area (Å²) in [4.78, 5) is 13.5. The first-order chi connectivity index (χ1) is 9.78. The molecular weight excluding hydrogens is 248 g/mol. The molecule has 3 rings (SSSR count). The molecule has 0 saturated carbocycles. The number of nitrogens with one attached hydrogen (secondary N) is 1. The molecule has 100 valence electrons. The van der Waals surface area contributed by atoms with Gasteiger partial charge in [0.05, 0.1) is 5.52 Å². The maximum atomic E-state index is 4.57. The highest BCUT2D eigenvalue weighted by Crippen LogP contribution is 2.26. The van der Waals surface area contributed by atoms with Gasteiger partial charge in [-0.25, -0.2) is 9.97 Å². The molecule has 0 spiro atoms. The van der Waals surface area contributed by atoms with Crippen LogP contribution in [-0.4, -0.2) is 21.5 Å². The van der Waals surface area contributed by atoms with Crippen molar-refractivity contribution in [1.29, 1.82) is 0 Å². The Bertz CT molecular complexity index is 752. The number of hydrogen-bond donors (Lipinski definition) is 1. The van der Waals surface area contributed by atoms with Gasteiger partial charge in [0.15, 0.2) is 5.82 Å². The van der Waals surface area contributed by atoms with E-state index in [9.17, 15) is 0 Å². The lowest BCUT2D eigenvalue weighted by Crippen LogP contribution is -2.01. The molecule has 0 aliphatic carbocycles. The summed E-state index contributed by atoms with van der Waals surface area (Å²) < 4.78 is 0. The first-order valence-corrected chi connectivity index (χ1v) is 6.71. The van der Waals surface area contributed by atoms with Gasteiger partial charge in [-0.05, 0) is 32.0 Å². The number of aromatic nitrogens is 3. The SMILES string of the molecule is CCNc1ccnc(-c2cc(C)nc3ccccc23)n1. The van der Waals surface area contributed by atoms with Crippen LogP contribution in [0, 0.1) is 6.92 Å². The van der Waals surface area contributed by atoms with Crippen molar-refractivity contribution in [2.45, 2.75) is 13.8 Å². The minimum absolute atomic E-state index is 0.727. The summed E-state index contributed by atoms with van der Waals surface area (Å²) in [7, 11) is 0. The van der Waals surface area contributed by atoms with E-state index in [1.54, 1.807) is 6.20 Å². The first-order valence-electron chi connectivity index (χ1n) is 6.71. The van der Waals surface area contributed by atoms with Crippen molar-refractivity contribution in [2.75, 3.05) is 11.9 Å². The average molecular weight is 264 g/mol. The number of aryl methyl sites for hydroxylation is 1. The molecule has 4 nitrogen and oxygen atoms in total. The Kier molecular flexibility index (Phi) is 3.29. The monoisotopic (exact) mass is 264 g/mol. The summed E-state index contributed by atoms with van der Waals surface area (Å²) in [6.07, 6.45) is 1.78. The van der Waals surface area contributed by atoms with Crippen LogP contribution >= 0.6 is 0 Å². The molecule has 0 atom stereocenters. The number of hydrogen-bond acceptors (Lipinski definition) is 4. The van der Waals surface area contributed by atoms with Crippen molar-refractivity contribution in [1.82, 2.24) is 15.0 Å². The van der Waals surface area contributed by atoms with E-state index in [0.29, 0.717) is 0 Å². The van der Waals surface area contributed by atoms with Gasteiger partial charge in [-0.15, -0.1) is 0 Å². The third-order valence-corrected chi connectivity index (χ3v) is 3.10. The molecule has 0 fully saturated rings. The predicted molar refractivity (Wildman–Crippen MR) is 81.7 cm³/mol. The van der Waals surface area contributed by atoms with Gasteiger partial charge >= 0.3 is 0 Å². The summed E-state index contributed by atoms with van der Waals surface area (Å²) >= 11 is 0. The quantitative estimate of drug-likeness (QED) is 0.787. The predicted octanol–water partition coefficient (Wildman–Crippen LogP) is 3.43. The molecule has 0 amide bonds. The van der Waals surface area contributed by atoms with Gasteiger partial charge in [0.25, 0.3) is 0 Å². The van der Waals surface area contributed by atoms with Crippen molar-refractivity contribution in [3.8, 4) is 11.4 Å². The maximum absolute atomic E-state index is 4.57. The largest absolute Gasteiger partial charge is 0.370 e. The second-order valence-corrected chi connectivity index (χ2v) is 4.62. The summed E-state index contributed by atoms with van der Waals surface area (Å²) in [6.45, 7) is 4.88. The van der Waals surface area contributed by atoms with Crippen LogP contribution in [0.3, 0.4) is 0 Å². The highest BCUT2D eigenvalue weighted by molar-refractivity contribution is 5.92. The van der Waals surface area contributed by atoms with Gasteiger partial charge in [0, 0.05) is 29.4 Å². The number of nitrogens with zero attached hydrogens (tertiary/aromatic N) is 3. The standard InChI is InChI=1S/C16H16N4/c1-3-17-15-8-9-18-16(20-15)13-10-11(2)19-14-7-5-4-6-12(13)14/h4-10H,3H2,1-2H3,(H,17,18,20). The van der Waals surface area contributed by atoms with Crippen LogP contribution in [0.4, 0.5) is 5.82 Å². The molecule has 1 aromatic carbocycles. The van der Waals surface area contributed by atoms with Crippen LogP contribution in [0.25, 0.3) is 22.3 Å². The highest BCUT2D eigenvalue weighted by atomic mass is 15.0. The number of benzene rings is 1. The van der Waals surface area contributed by atoms with Crippen LogP contribution < -0.4 is 5.32 Å². The molecule has 4 heteroatoms. The Morgan fingerprint density at radius 3 is 2.80 bits per heavy atom. The third kappa shape index (κ3) is 2.32. The summed E-state index contributed by atoms with van der Waals surface area (Å²) in [6, 6.07) is 12.0. The van der Waals surface area contributed by atoms with Crippen LogP contribution in [0.1, 0.15) is 12.6 Å². The number of rotatable bonds is 3. The topological polar surface area (TPSA) is 50.7 Å². The number of pyridine rings is 1. The minimum atomic E-state index is 0.727. The molecular formula is C16H16N4. The van der Waals surface area contributed by atoms with Gasteiger partial charge in [-0.3, -0.25) is 4.98 Å². The summed E-state index contributed by atoms with van der Waals surface area (Å²) in [5, 5.41) is 4.29. The molecule has 20 heavy (non-hydrogen) atoms. The van der Waals surface area contributed by atoms with Gasteiger partial charge in [-0.2, -0.15) is 0 Å². The molecule has 2 aromatic heterocycles. The van der Waals surface area contributed by atoms with Crippen molar-refractivity contribution in [2.24, 2.45) is 0 Å². The fourth-order valence-corrected chi connectivity index (χ4v) is 2.26. The highest BCUT2D eigenvalue weighted by Gasteiger charge is 2.09. The fourth-order valence-electron chi connectivity index (χ4n) is 2.26. The zero-order valence-electron chi connectivity index (χ0n) is 11.6. The molecule has 0 radical (unpaired) electrons. The van der Waals surface area contributed by atoms with Crippen molar-refractivity contribution >= 4 is 16.7 Å². The Labute approximate surface area is 117 Å². The summed E-state index contributed by atoms with van der Waals surface area (Å²) in [5.74, 6) is 1.57. The van der Waals surface area contributed by atoms with Gasteiger partial charge < -0.3 is 5.32 Å². The average Bonchev–Trinajstić information content (AvgIpc) is 2.47. The van der Waals surface area contributed by atoms with E-state index in [4.69, 9.17) is 0 Å². The summed E-state index contributed by atoms with van der Waals surface area (Å²) in [5.41, 5.74) is 2.96. The van der Waals surface area contributed by atoms with E-state index in [-0.39, 0.29) is 0 Å². The van der Waals surface area contributed by atoms with Crippen LogP contribution in [0.15, 0.2) is 42.6 Å². The molecule has 0 aliphatic heterocycles. The normalized spacial score (nSPS) is 10.7. The van der Waals surface area contributed by atoms with Crippen molar-refractivity contribution in [3.05, 3.63) is 48.3 Å². The van der Waals surface area contributed by atoms with E-state index in [1.165, 1.54) is 0 Å². The number of para-hydroxylation sites is 1. The molecule has 1 N–H and O–H groups in total. The Balaban J connectivity index is 2.21. The lowest BCUT2D eigenvalue weighted by atomic mass is 10.1. The Hall–Kier alpha value is -2.49.